The van der Waals surface area contributed by atoms with Crippen molar-refractivity contribution in [1.29, 1.82) is 0 Å². The summed E-state index contributed by atoms with van der Waals surface area (Å²) >= 11 is 1.72. The second kappa shape index (κ2) is 6.45. The van der Waals surface area contributed by atoms with Crippen molar-refractivity contribution in [2.75, 3.05) is 18.4 Å². The lowest BCUT2D eigenvalue weighted by Gasteiger charge is -2.32. The smallest absolute Gasteiger partial charge is 0.253 e. The van der Waals surface area contributed by atoms with Gasteiger partial charge in [0.2, 0.25) is 11.6 Å². The molecule has 23 heavy (non-hydrogen) atoms. The highest BCUT2D eigenvalue weighted by molar-refractivity contribution is 7.10. The maximum atomic E-state index is 13.6. The third kappa shape index (κ3) is 3.18. The van der Waals surface area contributed by atoms with Crippen LogP contribution in [-0.2, 0) is 13.0 Å². The van der Waals surface area contributed by atoms with Crippen LogP contribution in [0.4, 0.5) is 23.2 Å². The molecule has 0 bridgehead atoms. The molecule has 3 heterocycles. The summed E-state index contributed by atoms with van der Waals surface area (Å²) < 4.78 is 53.3. The van der Waals surface area contributed by atoms with Gasteiger partial charge in [-0.2, -0.15) is 22.5 Å². The van der Waals surface area contributed by atoms with Crippen LogP contribution >= 0.6 is 11.3 Å². The van der Waals surface area contributed by atoms with Crippen molar-refractivity contribution in [3.8, 4) is 0 Å². The molecule has 124 valence electrons. The molecule has 1 aliphatic rings. The maximum absolute atomic E-state index is 13.6. The molecule has 8 heteroatoms. The molecule has 0 saturated heterocycles. The Hall–Kier alpha value is -1.67. The Morgan fingerprint density at radius 3 is 2.65 bits per heavy atom. The first-order chi connectivity index (χ1) is 11.0. The standard InChI is InChI=1S/C15H15F4N3S/c1-8(22-4-2-10-9(7-22)3-5-23-10)6-20-13-11(16)14(18)21-15(19)12(13)17/h3,5,8H,2,4,6-7H2,1H3,(H,20,21). The number of hydrogen-bond acceptors (Lipinski definition) is 4. The number of thiophene rings is 1. The molecular weight excluding hydrogens is 330 g/mol. The van der Waals surface area contributed by atoms with Crippen LogP contribution < -0.4 is 5.32 Å². The number of fused-ring (bicyclic) bond motifs is 1. The zero-order valence-corrected chi connectivity index (χ0v) is 13.2. The van der Waals surface area contributed by atoms with E-state index in [4.69, 9.17) is 0 Å². The SMILES string of the molecule is CC(CNc1c(F)c(F)nc(F)c1F)N1CCc2sccc2C1. The van der Waals surface area contributed by atoms with Gasteiger partial charge in [-0.3, -0.25) is 4.90 Å². The van der Waals surface area contributed by atoms with Crippen molar-refractivity contribution < 1.29 is 17.6 Å². The first-order valence-corrected chi connectivity index (χ1v) is 8.08. The summed E-state index contributed by atoms with van der Waals surface area (Å²) in [5, 5.41) is 4.51. The Kier molecular flexibility index (Phi) is 4.54. The molecule has 0 amide bonds. The Bertz CT molecular complexity index is 693. The summed E-state index contributed by atoms with van der Waals surface area (Å²) in [6.45, 7) is 3.65. The first-order valence-electron chi connectivity index (χ1n) is 7.20. The molecule has 2 aromatic rings. The van der Waals surface area contributed by atoms with Crippen molar-refractivity contribution in [1.82, 2.24) is 9.88 Å². The highest BCUT2D eigenvalue weighted by Crippen LogP contribution is 2.26. The van der Waals surface area contributed by atoms with Crippen LogP contribution in [0.15, 0.2) is 11.4 Å². The predicted octanol–water partition coefficient (Wildman–Crippen LogP) is 3.56. The minimum atomic E-state index is -1.65. The van der Waals surface area contributed by atoms with E-state index >= 15 is 0 Å². The fourth-order valence-corrected chi connectivity index (χ4v) is 3.56. The quantitative estimate of drug-likeness (QED) is 0.678. The fraction of sp³-hybridized carbons (Fsp3) is 0.400. The molecule has 0 radical (unpaired) electrons. The number of nitrogens with one attached hydrogen (secondary N) is 1. The van der Waals surface area contributed by atoms with E-state index in [9.17, 15) is 17.6 Å². The van der Waals surface area contributed by atoms with Crippen LogP contribution in [0, 0.1) is 23.5 Å². The molecule has 1 atom stereocenters. The topological polar surface area (TPSA) is 28.2 Å². The summed E-state index contributed by atoms with van der Waals surface area (Å²) in [5.74, 6) is -6.32. The molecule has 1 N–H and O–H groups in total. The van der Waals surface area contributed by atoms with E-state index in [-0.39, 0.29) is 12.6 Å². The van der Waals surface area contributed by atoms with Gasteiger partial charge in [-0.15, -0.1) is 11.3 Å². The summed E-state index contributed by atoms with van der Waals surface area (Å²) in [6.07, 6.45) is 0.929. The molecule has 1 aliphatic heterocycles. The lowest BCUT2D eigenvalue weighted by molar-refractivity contribution is 0.199. The number of nitrogens with zero attached hydrogens (tertiary/aromatic N) is 2. The predicted molar refractivity (Wildman–Crippen MR) is 80.5 cm³/mol. The Morgan fingerprint density at radius 1 is 1.26 bits per heavy atom. The molecule has 2 aromatic heterocycles. The third-order valence-electron chi connectivity index (χ3n) is 4.03. The van der Waals surface area contributed by atoms with Gasteiger partial charge >= 0.3 is 0 Å². The van der Waals surface area contributed by atoms with Crippen molar-refractivity contribution in [2.45, 2.75) is 25.9 Å². The van der Waals surface area contributed by atoms with Crippen molar-refractivity contribution in [2.24, 2.45) is 0 Å². The Morgan fingerprint density at radius 2 is 1.96 bits per heavy atom. The number of halogens is 4. The van der Waals surface area contributed by atoms with E-state index in [1.165, 1.54) is 10.4 Å². The van der Waals surface area contributed by atoms with Crippen LogP contribution in [0.3, 0.4) is 0 Å². The molecule has 3 nitrogen and oxygen atoms in total. The van der Waals surface area contributed by atoms with Gasteiger partial charge < -0.3 is 5.32 Å². The average Bonchev–Trinajstić information content (AvgIpc) is 3.00. The molecule has 1 unspecified atom stereocenters. The lowest BCUT2D eigenvalue weighted by Crippen LogP contribution is -2.41. The van der Waals surface area contributed by atoms with E-state index in [0.29, 0.717) is 0 Å². The van der Waals surface area contributed by atoms with Crippen molar-refractivity contribution in [3.63, 3.8) is 0 Å². The van der Waals surface area contributed by atoms with E-state index in [1.54, 1.807) is 11.3 Å². The summed E-state index contributed by atoms with van der Waals surface area (Å²) in [4.78, 5) is 6.05. The zero-order chi connectivity index (χ0) is 16.6. The van der Waals surface area contributed by atoms with E-state index in [2.05, 4.69) is 21.3 Å². The van der Waals surface area contributed by atoms with E-state index in [1.807, 2.05) is 12.3 Å². The van der Waals surface area contributed by atoms with E-state index in [0.717, 1.165) is 19.5 Å². The number of rotatable bonds is 4. The normalized spacial score (nSPS) is 16.2. The Balaban J connectivity index is 1.67. The largest absolute Gasteiger partial charge is 0.378 e. The van der Waals surface area contributed by atoms with Crippen molar-refractivity contribution in [3.05, 3.63) is 45.4 Å². The zero-order valence-electron chi connectivity index (χ0n) is 12.4. The second-order valence-electron chi connectivity index (χ2n) is 5.52. The first kappa shape index (κ1) is 16.2. The van der Waals surface area contributed by atoms with Crippen LogP contribution in [0.25, 0.3) is 0 Å². The third-order valence-corrected chi connectivity index (χ3v) is 5.06. The lowest BCUT2D eigenvalue weighted by atomic mass is 10.1. The molecular formula is C15H15F4N3S. The van der Waals surface area contributed by atoms with Crippen molar-refractivity contribution >= 4 is 17.0 Å². The van der Waals surface area contributed by atoms with Crippen LogP contribution in [-0.4, -0.2) is 29.0 Å². The Labute approximate surface area is 135 Å². The molecule has 3 rings (SSSR count). The molecule has 0 fully saturated rings. The van der Waals surface area contributed by atoms with Gasteiger partial charge in [0.05, 0.1) is 0 Å². The summed E-state index contributed by atoms with van der Waals surface area (Å²) in [6, 6.07) is 2.01. The fourth-order valence-electron chi connectivity index (χ4n) is 2.67. The van der Waals surface area contributed by atoms with Crippen LogP contribution in [0.1, 0.15) is 17.4 Å². The molecule has 0 saturated carbocycles. The van der Waals surface area contributed by atoms with Gasteiger partial charge in [0.25, 0.3) is 11.9 Å². The monoisotopic (exact) mass is 345 g/mol. The average molecular weight is 345 g/mol. The number of pyridine rings is 1. The van der Waals surface area contributed by atoms with Gasteiger partial charge in [0, 0.05) is 30.6 Å². The second-order valence-corrected chi connectivity index (χ2v) is 6.52. The van der Waals surface area contributed by atoms with Gasteiger partial charge in [0.1, 0.15) is 5.69 Å². The van der Waals surface area contributed by atoms with Gasteiger partial charge in [-0.05, 0) is 30.4 Å². The van der Waals surface area contributed by atoms with Crippen LogP contribution in [0.2, 0.25) is 0 Å². The van der Waals surface area contributed by atoms with Gasteiger partial charge in [0.15, 0.2) is 0 Å². The molecule has 0 spiro atoms. The number of anilines is 1. The molecule has 0 aliphatic carbocycles. The minimum Gasteiger partial charge on any atom is -0.378 e. The van der Waals surface area contributed by atoms with E-state index < -0.39 is 29.2 Å². The van der Waals surface area contributed by atoms with Crippen LogP contribution in [0.5, 0.6) is 0 Å². The van der Waals surface area contributed by atoms with Gasteiger partial charge in [-0.1, -0.05) is 0 Å². The number of aromatic nitrogens is 1. The minimum absolute atomic E-state index is 0.0545. The maximum Gasteiger partial charge on any atom is 0.253 e. The number of hydrogen-bond donors (Lipinski definition) is 1. The van der Waals surface area contributed by atoms with Gasteiger partial charge in [-0.25, -0.2) is 0 Å². The highest BCUT2D eigenvalue weighted by Gasteiger charge is 2.24. The summed E-state index contributed by atoms with van der Waals surface area (Å²) in [7, 11) is 0. The highest BCUT2D eigenvalue weighted by atomic mass is 32.1. The molecule has 0 aromatic carbocycles. The summed E-state index contributed by atoms with van der Waals surface area (Å²) in [5.41, 5.74) is 0.446.